The van der Waals surface area contributed by atoms with Crippen LogP contribution in [0, 0.1) is 11.8 Å². The van der Waals surface area contributed by atoms with Crippen molar-refractivity contribution in [2.45, 2.75) is 12.8 Å². The van der Waals surface area contributed by atoms with Gasteiger partial charge in [0.1, 0.15) is 6.61 Å². The van der Waals surface area contributed by atoms with E-state index in [0.717, 1.165) is 12.8 Å². The van der Waals surface area contributed by atoms with Crippen LogP contribution in [0.15, 0.2) is 24.3 Å². The first-order valence-corrected chi connectivity index (χ1v) is 3.91. The minimum absolute atomic E-state index is 0.0614. The quantitative estimate of drug-likeness (QED) is 0.369. The first-order chi connectivity index (χ1) is 5.91. The van der Waals surface area contributed by atoms with Gasteiger partial charge in [-0.25, -0.2) is 0 Å². The van der Waals surface area contributed by atoms with E-state index in [0.29, 0.717) is 0 Å². The number of allylic oxidation sites excluding steroid dienone is 3. The van der Waals surface area contributed by atoms with E-state index >= 15 is 0 Å². The zero-order valence-electron chi connectivity index (χ0n) is 7.03. The highest BCUT2D eigenvalue weighted by Gasteiger charge is 1.73. The van der Waals surface area contributed by atoms with Gasteiger partial charge in [-0.1, -0.05) is 30.2 Å². The second-order valence-corrected chi connectivity index (χ2v) is 2.09. The Labute approximate surface area is 73.2 Å². The molecule has 2 heteroatoms. The fraction of sp³-hybridized carbons (Fsp3) is 0.400. The largest absolute Gasteiger partial charge is 0.392 e. The molecule has 12 heavy (non-hydrogen) atoms. The molecule has 2 N–H and O–H groups in total. The zero-order valence-corrected chi connectivity index (χ0v) is 7.03. The normalized spacial score (nSPS) is 10.5. The lowest BCUT2D eigenvalue weighted by Gasteiger charge is -1.81. The molecular weight excluding hydrogens is 152 g/mol. The van der Waals surface area contributed by atoms with Gasteiger partial charge in [-0.2, -0.15) is 0 Å². The van der Waals surface area contributed by atoms with Crippen molar-refractivity contribution < 1.29 is 10.2 Å². The second kappa shape index (κ2) is 9.96. The third-order valence-electron chi connectivity index (χ3n) is 1.13. The van der Waals surface area contributed by atoms with E-state index in [9.17, 15) is 0 Å². The lowest BCUT2D eigenvalue weighted by atomic mass is 10.3. The SMILES string of the molecule is OCC#CCC/C=C/C=C/CO. The molecule has 0 aliphatic rings. The third-order valence-corrected chi connectivity index (χ3v) is 1.13. The van der Waals surface area contributed by atoms with Crippen LogP contribution in [0.25, 0.3) is 0 Å². The predicted octanol–water partition coefficient (Wildman–Crippen LogP) is 0.867. The summed E-state index contributed by atoms with van der Waals surface area (Å²) < 4.78 is 0. The Morgan fingerprint density at radius 2 is 1.75 bits per heavy atom. The average molecular weight is 166 g/mol. The van der Waals surface area contributed by atoms with E-state index in [-0.39, 0.29) is 13.2 Å². The van der Waals surface area contributed by atoms with E-state index < -0.39 is 0 Å². The van der Waals surface area contributed by atoms with E-state index in [4.69, 9.17) is 10.2 Å². The standard InChI is InChI=1S/C10H14O2/c11-9-7-5-3-1-2-4-6-8-10-12/h1,3,5,7,11-12H,2,4,9-10H2/b3-1+,7-5+. The van der Waals surface area contributed by atoms with Crippen LogP contribution in [-0.4, -0.2) is 23.4 Å². The van der Waals surface area contributed by atoms with Gasteiger partial charge in [-0.05, 0) is 6.42 Å². The first kappa shape index (κ1) is 11.0. The molecule has 0 heterocycles. The highest BCUT2D eigenvalue weighted by molar-refractivity contribution is 5.05. The van der Waals surface area contributed by atoms with Crippen molar-refractivity contribution in [2.75, 3.05) is 13.2 Å². The van der Waals surface area contributed by atoms with E-state index in [2.05, 4.69) is 11.8 Å². The molecule has 0 aromatic rings. The Hall–Kier alpha value is -1.04. The second-order valence-electron chi connectivity index (χ2n) is 2.09. The fourth-order valence-corrected chi connectivity index (χ4v) is 0.614. The molecule has 0 spiro atoms. The Morgan fingerprint density at radius 1 is 1.00 bits per heavy atom. The summed E-state index contributed by atoms with van der Waals surface area (Å²) in [5.74, 6) is 5.37. The fourth-order valence-electron chi connectivity index (χ4n) is 0.614. The highest BCUT2D eigenvalue weighted by Crippen LogP contribution is 1.88. The number of rotatable bonds is 4. The van der Waals surface area contributed by atoms with Crippen molar-refractivity contribution in [1.82, 2.24) is 0 Å². The van der Waals surface area contributed by atoms with Crippen molar-refractivity contribution in [3.8, 4) is 11.8 Å². The molecule has 0 bridgehead atoms. The lowest BCUT2D eigenvalue weighted by molar-refractivity contribution is 0.342. The van der Waals surface area contributed by atoms with E-state index in [1.807, 2.05) is 12.2 Å². The van der Waals surface area contributed by atoms with Crippen LogP contribution in [0.5, 0.6) is 0 Å². The smallest absolute Gasteiger partial charge is 0.104 e. The van der Waals surface area contributed by atoms with Crippen molar-refractivity contribution in [3.63, 3.8) is 0 Å². The van der Waals surface area contributed by atoms with Gasteiger partial charge in [-0.3, -0.25) is 0 Å². The highest BCUT2D eigenvalue weighted by atomic mass is 16.3. The Bertz CT molecular complexity index is 194. The van der Waals surface area contributed by atoms with Gasteiger partial charge < -0.3 is 10.2 Å². The summed E-state index contributed by atoms with van der Waals surface area (Å²) in [5, 5.41) is 16.7. The van der Waals surface area contributed by atoms with Crippen LogP contribution in [-0.2, 0) is 0 Å². The van der Waals surface area contributed by atoms with Gasteiger partial charge in [-0.15, -0.1) is 5.92 Å². The van der Waals surface area contributed by atoms with Crippen LogP contribution < -0.4 is 0 Å². The molecule has 0 amide bonds. The summed E-state index contributed by atoms with van der Waals surface area (Å²) in [7, 11) is 0. The third kappa shape index (κ3) is 8.96. The van der Waals surface area contributed by atoms with Gasteiger partial charge in [0.15, 0.2) is 0 Å². The maximum atomic E-state index is 8.37. The maximum absolute atomic E-state index is 8.37. The van der Waals surface area contributed by atoms with Crippen molar-refractivity contribution >= 4 is 0 Å². The molecule has 66 valence electrons. The molecular formula is C10H14O2. The molecule has 0 radical (unpaired) electrons. The summed E-state index contributed by atoms with van der Waals surface area (Å²) in [6.07, 6.45) is 8.94. The van der Waals surface area contributed by atoms with Crippen LogP contribution in [0.4, 0.5) is 0 Å². The Kier molecular flexibility index (Phi) is 9.10. The van der Waals surface area contributed by atoms with E-state index in [1.165, 1.54) is 0 Å². The first-order valence-electron chi connectivity index (χ1n) is 3.91. The summed E-state index contributed by atoms with van der Waals surface area (Å²) in [5.41, 5.74) is 0. The number of hydrogen-bond donors (Lipinski definition) is 2. The minimum Gasteiger partial charge on any atom is -0.392 e. The number of hydrogen-bond acceptors (Lipinski definition) is 2. The van der Waals surface area contributed by atoms with Gasteiger partial charge in [0.05, 0.1) is 6.61 Å². The Balaban J connectivity index is 3.30. The molecule has 0 aromatic carbocycles. The lowest BCUT2D eigenvalue weighted by Crippen LogP contribution is -1.72. The van der Waals surface area contributed by atoms with Crippen molar-refractivity contribution in [2.24, 2.45) is 0 Å². The summed E-state index contributed by atoms with van der Waals surface area (Å²) in [6, 6.07) is 0. The van der Waals surface area contributed by atoms with Crippen LogP contribution >= 0.6 is 0 Å². The number of aliphatic hydroxyl groups is 2. The van der Waals surface area contributed by atoms with Crippen LogP contribution in [0.2, 0.25) is 0 Å². The van der Waals surface area contributed by atoms with Crippen LogP contribution in [0.3, 0.4) is 0 Å². The van der Waals surface area contributed by atoms with Gasteiger partial charge >= 0.3 is 0 Å². The Morgan fingerprint density at radius 3 is 2.42 bits per heavy atom. The average Bonchev–Trinajstić information content (AvgIpc) is 2.10. The van der Waals surface area contributed by atoms with Crippen molar-refractivity contribution in [3.05, 3.63) is 24.3 Å². The molecule has 0 aliphatic carbocycles. The molecule has 2 nitrogen and oxygen atoms in total. The summed E-state index contributed by atoms with van der Waals surface area (Å²) in [4.78, 5) is 0. The molecule has 0 rings (SSSR count). The van der Waals surface area contributed by atoms with Gasteiger partial charge in [0, 0.05) is 6.42 Å². The van der Waals surface area contributed by atoms with Crippen molar-refractivity contribution in [1.29, 1.82) is 0 Å². The number of unbranched alkanes of at least 4 members (excludes halogenated alkanes) is 1. The molecule has 0 atom stereocenters. The molecule has 0 aromatic heterocycles. The monoisotopic (exact) mass is 166 g/mol. The van der Waals surface area contributed by atoms with E-state index in [1.54, 1.807) is 12.2 Å². The minimum atomic E-state index is -0.0614. The zero-order chi connectivity index (χ0) is 9.07. The molecule has 0 aliphatic heterocycles. The molecule has 0 fully saturated rings. The van der Waals surface area contributed by atoms with Crippen LogP contribution in [0.1, 0.15) is 12.8 Å². The topological polar surface area (TPSA) is 40.5 Å². The summed E-state index contributed by atoms with van der Waals surface area (Å²) >= 11 is 0. The summed E-state index contributed by atoms with van der Waals surface area (Å²) in [6.45, 7) is 0.0167. The predicted molar refractivity (Wildman–Crippen MR) is 49.5 cm³/mol. The van der Waals surface area contributed by atoms with Gasteiger partial charge in [0.2, 0.25) is 0 Å². The molecule has 0 unspecified atom stereocenters. The molecule has 0 saturated carbocycles. The number of aliphatic hydroxyl groups excluding tert-OH is 2. The van der Waals surface area contributed by atoms with Gasteiger partial charge in [0.25, 0.3) is 0 Å². The molecule has 0 saturated heterocycles. The maximum Gasteiger partial charge on any atom is 0.104 e.